The van der Waals surface area contributed by atoms with Crippen molar-refractivity contribution in [2.75, 3.05) is 14.2 Å². The lowest BCUT2D eigenvalue weighted by Crippen LogP contribution is -2.26. The Morgan fingerprint density at radius 1 is 1.33 bits per heavy atom. The molecule has 5 nitrogen and oxygen atoms in total. The van der Waals surface area contributed by atoms with E-state index in [0.29, 0.717) is 23.6 Å². The van der Waals surface area contributed by atoms with Crippen molar-refractivity contribution in [3.63, 3.8) is 0 Å². The molecule has 0 saturated heterocycles. The maximum Gasteiger partial charge on any atom is 0.259 e. The van der Waals surface area contributed by atoms with Crippen molar-refractivity contribution in [3.05, 3.63) is 59.3 Å². The summed E-state index contributed by atoms with van der Waals surface area (Å²) in [6.07, 6.45) is 1.58. The van der Waals surface area contributed by atoms with Gasteiger partial charge in [-0.05, 0) is 29.8 Å². The summed E-state index contributed by atoms with van der Waals surface area (Å²) < 4.78 is 5.10. The molecule has 106 valence electrons. The lowest BCUT2D eigenvalue weighted by Gasteiger charge is -2.18. The Balaban J connectivity index is 2.13. The number of carbonyl (C=O) groups is 1. The molecule has 0 bridgehead atoms. The van der Waals surface area contributed by atoms with E-state index in [1.165, 1.54) is 7.11 Å². The first-order valence-electron chi connectivity index (χ1n) is 6.39. The van der Waals surface area contributed by atoms with Crippen LogP contribution in [-0.4, -0.2) is 29.9 Å². The van der Waals surface area contributed by atoms with Gasteiger partial charge < -0.3 is 9.64 Å². The predicted octanol–water partition coefficient (Wildman–Crippen LogP) is 2.23. The molecular formula is C16H15N3O2. The third-order valence-electron chi connectivity index (χ3n) is 3.04. The molecule has 0 radical (unpaired) electrons. The summed E-state index contributed by atoms with van der Waals surface area (Å²) in [5.74, 6) is 0.151. The lowest BCUT2D eigenvalue weighted by atomic mass is 10.1. The van der Waals surface area contributed by atoms with Gasteiger partial charge in [0.25, 0.3) is 5.91 Å². The summed E-state index contributed by atoms with van der Waals surface area (Å²) in [6.45, 7) is 0.447. The summed E-state index contributed by atoms with van der Waals surface area (Å²) >= 11 is 0. The first kappa shape index (κ1) is 14.5. The van der Waals surface area contributed by atoms with E-state index in [4.69, 9.17) is 10.00 Å². The molecule has 0 aliphatic carbocycles. The second-order valence-electron chi connectivity index (χ2n) is 4.53. The van der Waals surface area contributed by atoms with Crippen LogP contribution in [0.5, 0.6) is 5.88 Å². The monoisotopic (exact) mass is 281 g/mol. The number of nitrogens with zero attached hydrogens (tertiary/aromatic N) is 3. The van der Waals surface area contributed by atoms with Crippen molar-refractivity contribution in [2.45, 2.75) is 6.54 Å². The van der Waals surface area contributed by atoms with Gasteiger partial charge >= 0.3 is 0 Å². The highest BCUT2D eigenvalue weighted by atomic mass is 16.5. The first-order chi connectivity index (χ1) is 10.2. The highest BCUT2D eigenvalue weighted by Gasteiger charge is 2.17. The fourth-order valence-electron chi connectivity index (χ4n) is 1.95. The van der Waals surface area contributed by atoms with Gasteiger partial charge in [0.05, 0.1) is 18.7 Å². The highest BCUT2D eigenvalue weighted by Crippen LogP contribution is 2.17. The quantitative estimate of drug-likeness (QED) is 0.862. The van der Waals surface area contributed by atoms with Crippen LogP contribution in [0.1, 0.15) is 21.5 Å². The number of nitriles is 1. The smallest absolute Gasteiger partial charge is 0.259 e. The molecule has 0 N–H and O–H groups in total. The Kier molecular flexibility index (Phi) is 4.52. The molecule has 0 saturated carbocycles. The van der Waals surface area contributed by atoms with Crippen molar-refractivity contribution in [2.24, 2.45) is 0 Å². The molecule has 2 rings (SSSR count). The van der Waals surface area contributed by atoms with E-state index in [2.05, 4.69) is 11.1 Å². The normalized spacial score (nSPS) is 9.76. The predicted molar refractivity (Wildman–Crippen MR) is 77.7 cm³/mol. The van der Waals surface area contributed by atoms with Crippen molar-refractivity contribution < 1.29 is 9.53 Å². The van der Waals surface area contributed by atoms with E-state index in [9.17, 15) is 4.79 Å². The van der Waals surface area contributed by atoms with Gasteiger partial charge in [-0.25, -0.2) is 4.98 Å². The molecule has 1 heterocycles. The Hall–Kier alpha value is -2.87. The number of pyridine rings is 1. The number of ether oxygens (including phenoxy) is 1. The van der Waals surface area contributed by atoms with Crippen LogP contribution in [0, 0.1) is 11.3 Å². The van der Waals surface area contributed by atoms with E-state index in [-0.39, 0.29) is 5.91 Å². The van der Waals surface area contributed by atoms with E-state index in [1.807, 2.05) is 12.1 Å². The van der Waals surface area contributed by atoms with Gasteiger partial charge in [-0.1, -0.05) is 12.1 Å². The standard InChI is InChI=1S/C16H15N3O2/c1-19(11-13-7-5-12(10-17)6-8-13)16(20)14-4-3-9-18-15(14)21-2/h3-9H,11H2,1-2H3. The van der Waals surface area contributed by atoms with E-state index in [1.54, 1.807) is 42.4 Å². The minimum absolute atomic E-state index is 0.163. The number of rotatable bonds is 4. The van der Waals surface area contributed by atoms with Crippen LogP contribution in [0.2, 0.25) is 0 Å². The van der Waals surface area contributed by atoms with E-state index >= 15 is 0 Å². The number of hydrogen-bond acceptors (Lipinski definition) is 4. The lowest BCUT2D eigenvalue weighted by molar-refractivity contribution is 0.0781. The summed E-state index contributed by atoms with van der Waals surface area (Å²) in [6, 6.07) is 12.6. The Morgan fingerprint density at radius 2 is 2.05 bits per heavy atom. The number of aromatic nitrogens is 1. The van der Waals surface area contributed by atoms with Crippen molar-refractivity contribution in [1.82, 2.24) is 9.88 Å². The van der Waals surface area contributed by atoms with Crippen LogP contribution < -0.4 is 4.74 Å². The van der Waals surface area contributed by atoms with Crippen molar-refractivity contribution in [1.29, 1.82) is 5.26 Å². The first-order valence-corrected chi connectivity index (χ1v) is 6.39. The molecule has 0 aliphatic heterocycles. The molecule has 0 spiro atoms. The molecular weight excluding hydrogens is 266 g/mol. The molecule has 0 fully saturated rings. The molecule has 2 aromatic rings. The average molecular weight is 281 g/mol. The largest absolute Gasteiger partial charge is 0.480 e. The molecule has 21 heavy (non-hydrogen) atoms. The van der Waals surface area contributed by atoms with E-state index < -0.39 is 0 Å². The zero-order valence-electron chi connectivity index (χ0n) is 11.9. The molecule has 1 aromatic heterocycles. The number of benzene rings is 1. The van der Waals surface area contributed by atoms with Gasteiger partial charge in [0, 0.05) is 19.8 Å². The molecule has 0 aliphatic rings. The molecule has 5 heteroatoms. The van der Waals surface area contributed by atoms with Crippen LogP contribution >= 0.6 is 0 Å². The molecule has 0 unspecified atom stereocenters. The minimum atomic E-state index is -0.163. The molecule has 0 atom stereocenters. The fraction of sp³-hybridized carbons (Fsp3) is 0.188. The van der Waals surface area contributed by atoms with Gasteiger partial charge in [-0.3, -0.25) is 4.79 Å². The average Bonchev–Trinajstić information content (AvgIpc) is 2.54. The minimum Gasteiger partial charge on any atom is -0.480 e. The van der Waals surface area contributed by atoms with Gasteiger partial charge in [-0.15, -0.1) is 0 Å². The highest BCUT2D eigenvalue weighted by molar-refractivity contribution is 5.96. The molecule has 1 amide bonds. The topological polar surface area (TPSA) is 66.2 Å². The second kappa shape index (κ2) is 6.53. The van der Waals surface area contributed by atoms with Crippen molar-refractivity contribution in [3.8, 4) is 11.9 Å². The van der Waals surface area contributed by atoms with Crippen molar-refractivity contribution >= 4 is 5.91 Å². The number of methoxy groups -OCH3 is 1. The zero-order valence-corrected chi connectivity index (χ0v) is 11.9. The Morgan fingerprint density at radius 3 is 2.67 bits per heavy atom. The van der Waals surface area contributed by atoms with Crippen LogP contribution in [0.15, 0.2) is 42.6 Å². The third-order valence-corrected chi connectivity index (χ3v) is 3.04. The Bertz CT molecular complexity index is 675. The van der Waals surface area contributed by atoms with Gasteiger partial charge in [0.15, 0.2) is 0 Å². The van der Waals surface area contributed by atoms with Gasteiger partial charge in [0.1, 0.15) is 5.56 Å². The van der Waals surface area contributed by atoms with Crippen LogP contribution in [0.25, 0.3) is 0 Å². The summed E-state index contributed by atoms with van der Waals surface area (Å²) in [7, 11) is 3.20. The van der Waals surface area contributed by atoms with Gasteiger partial charge in [-0.2, -0.15) is 5.26 Å². The van der Waals surface area contributed by atoms with Crippen LogP contribution in [0.4, 0.5) is 0 Å². The molecule has 1 aromatic carbocycles. The van der Waals surface area contributed by atoms with E-state index in [0.717, 1.165) is 5.56 Å². The summed E-state index contributed by atoms with van der Waals surface area (Å²) in [5, 5.41) is 8.77. The second-order valence-corrected chi connectivity index (χ2v) is 4.53. The maximum absolute atomic E-state index is 12.4. The van der Waals surface area contributed by atoms with Gasteiger partial charge in [0.2, 0.25) is 5.88 Å². The number of carbonyl (C=O) groups excluding carboxylic acids is 1. The van der Waals surface area contributed by atoms with Crippen LogP contribution in [0.3, 0.4) is 0 Å². The summed E-state index contributed by atoms with van der Waals surface area (Å²) in [4.78, 5) is 18.0. The Labute approximate surface area is 123 Å². The number of amides is 1. The number of hydrogen-bond donors (Lipinski definition) is 0. The maximum atomic E-state index is 12.4. The fourth-order valence-corrected chi connectivity index (χ4v) is 1.95. The zero-order chi connectivity index (χ0) is 15.2. The summed E-state index contributed by atoms with van der Waals surface area (Å²) in [5.41, 5.74) is 1.98. The van der Waals surface area contributed by atoms with Crippen LogP contribution in [-0.2, 0) is 6.54 Å². The SMILES string of the molecule is COc1ncccc1C(=O)N(C)Cc1ccc(C#N)cc1. The third kappa shape index (κ3) is 3.37.